The highest BCUT2D eigenvalue weighted by Crippen LogP contribution is 2.48. The van der Waals surface area contributed by atoms with E-state index < -0.39 is 46.6 Å². The molecule has 2 fully saturated rings. The van der Waals surface area contributed by atoms with Crippen molar-refractivity contribution in [3.05, 3.63) is 40.2 Å². The molecule has 1 aromatic heterocycles. The zero-order chi connectivity index (χ0) is 23.9. The van der Waals surface area contributed by atoms with Crippen LogP contribution in [0.2, 0.25) is 0 Å². The van der Waals surface area contributed by atoms with Crippen LogP contribution in [0.25, 0.3) is 11.0 Å². The number of carbonyl (C=O) groups is 2. The molecule has 176 valence electrons. The number of hydrogen-bond acceptors (Lipinski definition) is 9. The summed E-state index contributed by atoms with van der Waals surface area (Å²) < 4.78 is 34.1. The van der Waals surface area contributed by atoms with Gasteiger partial charge in [-0.3, -0.25) is 0 Å². The van der Waals surface area contributed by atoms with Crippen LogP contribution < -0.4 is 10.4 Å². The lowest BCUT2D eigenvalue weighted by molar-refractivity contribution is -0.196. The van der Waals surface area contributed by atoms with E-state index >= 15 is 0 Å². The van der Waals surface area contributed by atoms with Gasteiger partial charge in [0.25, 0.3) is 0 Å². The summed E-state index contributed by atoms with van der Waals surface area (Å²) in [6, 6.07) is 6.20. The molecule has 2 saturated heterocycles. The predicted molar refractivity (Wildman–Crippen MR) is 114 cm³/mol. The van der Waals surface area contributed by atoms with E-state index in [1.165, 1.54) is 6.07 Å². The molecule has 6 atom stereocenters. The second-order valence-electron chi connectivity index (χ2n) is 9.77. The van der Waals surface area contributed by atoms with Crippen molar-refractivity contribution in [3.8, 4) is 5.75 Å². The summed E-state index contributed by atoms with van der Waals surface area (Å²) in [6.07, 6.45) is -2.52. The number of epoxide rings is 2. The van der Waals surface area contributed by atoms with E-state index in [1.54, 1.807) is 59.7 Å². The molecule has 0 N–H and O–H groups in total. The lowest BCUT2D eigenvalue weighted by atomic mass is 9.87. The Labute approximate surface area is 189 Å². The van der Waals surface area contributed by atoms with E-state index in [0.29, 0.717) is 22.3 Å². The Morgan fingerprint density at radius 1 is 0.909 bits per heavy atom. The highest BCUT2D eigenvalue weighted by atomic mass is 16.7. The minimum absolute atomic E-state index is 0.280. The van der Waals surface area contributed by atoms with E-state index in [-0.39, 0.29) is 12.2 Å². The van der Waals surface area contributed by atoms with Gasteiger partial charge in [0.15, 0.2) is 23.4 Å². The number of esters is 2. The van der Waals surface area contributed by atoms with E-state index in [0.717, 1.165) is 0 Å². The molecular formula is C24H26O9. The molecule has 33 heavy (non-hydrogen) atoms. The highest BCUT2D eigenvalue weighted by Gasteiger charge is 2.61. The first-order chi connectivity index (χ1) is 15.3. The summed E-state index contributed by atoms with van der Waals surface area (Å²) >= 11 is 0. The standard InChI is InChI=1S/C24H26O9/c1-11-23(5,31-11)20(26)29-18-14-9-13-7-8-17(25)28-15(13)10-16(14)33-22(3,4)19(18)30-21(27)24(6)12(2)32-24/h7-12,18-19H,1-6H3/t11-,12+,18+,19+,23-,24+/m1/s1. The van der Waals surface area contributed by atoms with Crippen molar-refractivity contribution >= 4 is 22.9 Å². The Morgan fingerprint density at radius 2 is 1.48 bits per heavy atom. The third-order valence-electron chi connectivity index (χ3n) is 6.95. The summed E-state index contributed by atoms with van der Waals surface area (Å²) in [4.78, 5) is 37.6. The quantitative estimate of drug-likeness (QED) is 0.387. The SMILES string of the molecule is C[C@@H]1O[C@]1(C)C(=O)O[C@H]1[C@@H](OC(=O)[C@]2(C)O[C@@H]2C)c2cc3ccc(=O)oc3cc2OC1(C)C. The fourth-order valence-electron chi connectivity index (χ4n) is 4.18. The fourth-order valence-corrected chi connectivity index (χ4v) is 4.18. The van der Waals surface area contributed by atoms with Crippen LogP contribution >= 0.6 is 0 Å². The van der Waals surface area contributed by atoms with E-state index in [4.69, 9.17) is 28.1 Å². The molecule has 0 amide bonds. The Hall–Kier alpha value is -2.91. The van der Waals surface area contributed by atoms with Crippen LogP contribution in [0.1, 0.15) is 53.2 Å². The summed E-state index contributed by atoms with van der Waals surface area (Å²) in [7, 11) is 0. The molecule has 9 nitrogen and oxygen atoms in total. The lowest BCUT2D eigenvalue weighted by Crippen LogP contribution is -2.53. The number of ether oxygens (including phenoxy) is 5. The molecular weight excluding hydrogens is 432 g/mol. The van der Waals surface area contributed by atoms with Crippen LogP contribution in [-0.4, -0.2) is 47.1 Å². The average Bonchev–Trinajstić information content (AvgIpc) is 3.57. The van der Waals surface area contributed by atoms with Gasteiger partial charge in [-0.25, -0.2) is 14.4 Å². The first-order valence-electron chi connectivity index (χ1n) is 10.9. The summed E-state index contributed by atoms with van der Waals surface area (Å²) in [5, 5.41) is 0.608. The largest absolute Gasteiger partial charge is 0.483 e. The van der Waals surface area contributed by atoms with Gasteiger partial charge in [-0.05, 0) is 53.7 Å². The van der Waals surface area contributed by atoms with E-state index in [2.05, 4.69) is 0 Å². The fraction of sp³-hybridized carbons (Fsp3) is 0.542. The smallest absolute Gasteiger partial charge is 0.341 e. The molecule has 0 saturated carbocycles. The molecule has 1 aromatic carbocycles. The third kappa shape index (κ3) is 3.41. The van der Waals surface area contributed by atoms with Gasteiger partial charge >= 0.3 is 17.6 Å². The normalized spacial score (nSPS) is 35.8. The third-order valence-corrected chi connectivity index (χ3v) is 6.95. The minimum Gasteiger partial charge on any atom is -0.483 e. The Bertz CT molecular complexity index is 1230. The zero-order valence-electron chi connectivity index (χ0n) is 19.3. The van der Waals surface area contributed by atoms with E-state index in [1.807, 2.05) is 0 Å². The second-order valence-corrected chi connectivity index (χ2v) is 9.77. The number of hydrogen-bond donors (Lipinski definition) is 0. The highest BCUT2D eigenvalue weighted by molar-refractivity contribution is 5.85. The van der Waals surface area contributed by atoms with Gasteiger partial charge in [0.1, 0.15) is 16.9 Å². The summed E-state index contributed by atoms with van der Waals surface area (Å²) in [6.45, 7) is 10.3. The molecule has 0 bridgehead atoms. The predicted octanol–water partition coefficient (Wildman–Crippen LogP) is 2.81. The van der Waals surface area contributed by atoms with Gasteiger partial charge < -0.3 is 28.1 Å². The first kappa shape index (κ1) is 21.9. The molecule has 0 unspecified atom stereocenters. The van der Waals surface area contributed by atoms with Crippen molar-refractivity contribution in [1.29, 1.82) is 0 Å². The molecule has 0 radical (unpaired) electrons. The van der Waals surface area contributed by atoms with Crippen molar-refractivity contribution in [2.45, 2.75) is 82.8 Å². The average molecular weight is 458 g/mol. The minimum atomic E-state index is -1.08. The van der Waals surface area contributed by atoms with Crippen molar-refractivity contribution in [2.24, 2.45) is 0 Å². The van der Waals surface area contributed by atoms with Gasteiger partial charge in [-0.15, -0.1) is 0 Å². The molecule has 0 aliphatic carbocycles. The molecule has 3 aliphatic heterocycles. The number of rotatable bonds is 4. The van der Waals surface area contributed by atoms with Crippen LogP contribution in [0.5, 0.6) is 5.75 Å². The number of carbonyl (C=O) groups excluding carboxylic acids is 2. The Kier molecular flexibility index (Phi) is 4.52. The molecule has 9 heteroatoms. The van der Waals surface area contributed by atoms with Crippen LogP contribution in [0, 0.1) is 0 Å². The number of benzene rings is 1. The summed E-state index contributed by atoms with van der Waals surface area (Å²) in [5.74, 6) is -0.758. The van der Waals surface area contributed by atoms with Gasteiger partial charge in [-0.1, -0.05) is 0 Å². The molecule has 5 rings (SSSR count). The molecule has 3 aliphatic rings. The Morgan fingerprint density at radius 3 is 2.06 bits per heavy atom. The van der Waals surface area contributed by atoms with Crippen molar-refractivity contribution in [3.63, 3.8) is 0 Å². The lowest BCUT2D eigenvalue weighted by Gasteiger charge is -2.43. The topological polar surface area (TPSA) is 117 Å². The van der Waals surface area contributed by atoms with Crippen LogP contribution in [0.3, 0.4) is 0 Å². The van der Waals surface area contributed by atoms with Crippen molar-refractivity contribution in [1.82, 2.24) is 0 Å². The van der Waals surface area contributed by atoms with Gasteiger partial charge in [0.2, 0.25) is 0 Å². The molecule has 2 aromatic rings. The van der Waals surface area contributed by atoms with E-state index in [9.17, 15) is 14.4 Å². The second kappa shape index (κ2) is 6.80. The van der Waals surface area contributed by atoms with Crippen molar-refractivity contribution in [2.75, 3.05) is 0 Å². The Balaban J connectivity index is 1.58. The maximum Gasteiger partial charge on any atom is 0.341 e. The number of fused-ring (bicyclic) bond motifs is 2. The molecule has 0 spiro atoms. The monoisotopic (exact) mass is 458 g/mol. The van der Waals surface area contributed by atoms with Crippen LogP contribution in [0.4, 0.5) is 0 Å². The summed E-state index contributed by atoms with van der Waals surface area (Å²) in [5.41, 5.74) is -2.88. The maximum atomic E-state index is 13.0. The van der Waals surface area contributed by atoms with Gasteiger partial charge in [0, 0.05) is 23.1 Å². The van der Waals surface area contributed by atoms with Crippen LogP contribution in [0.15, 0.2) is 33.5 Å². The van der Waals surface area contributed by atoms with Gasteiger partial charge in [-0.2, -0.15) is 0 Å². The van der Waals surface area contributed by atoms with Crippen molar-refractivity contribution < 1.29 is 37.7 Å². The zero-order valence-corrected chi connectivity index (χ0v) is 19.3. The molecule has 4 heterocycles. The first-order valence-corrected chi connectivity index (χ1v) is 10.9. The van der Waals surface area contributed by atoms with Crippen LogP contribution in [-0.2, 0) is 28.5 Å². The van der Waals surface area contributed by atoms with Gasteiger partial charge in [0.05, 0.1) is 12.2 Å². The maximum absolute atomic E-state index is 13.0.